The van der Waals surface area contributed by atoms with Gasteiger partial charge in [0.25, 0.3) is 0 Å². The van der Waals surface area contributed by atoms with Crippen LogP contribution in [0.5, 0.6) is 11.5 Å². The van der Waals surface area contributed by atoms with E-state index in [2.05, 4.69) is 36.3 Å². The standard InChI is InChI=1S/C28H29N3O5S/c1-16(2)19-6-8-20(9-7-19)26-25(27(33)34-4)17(3)30-28-31(26)21(14-37-28)12-24(32)29-13-18-5-10-22-23(11-18)36-15-35-22/h5-11,14,16,26H,12-13,15H2,1-4H3,(H,29,32)/t26-/m0/s1. The number of carbonyl (C=O) groups is 2. The molecule has 0 fully saturated rings. The third-order valence-corrected chi connectivity index (χ3v) is 7.48. The number of aliphatic imine (C=N–C) groups is 1. The first kappa shape index (κ1) is 25.0. The third kappa shape index (κ3) is 4.96. The molecule has 9 heteroatoms. The highest BCUT2D eigenvalue weighted by Crippen LogP contribution is 2.45. The molecule has 1 N–H and O–H groups in total. The fraction of sp³-hybridized carbons (Fsp3) is 0.321. The maximum absolute atomic E-state index is 13.0. The van der Waals surface area contributed by atoms with Gasteiger partial charge in [0.2, 0.25) is 12.7 Å². The van der Waals surface area contributed by atoms with Crippen molar-refractivity contribution in [3.63, 3.8) is 0 Å². The van der Waals surface area contributed by atoms with Crippen LogP contribution in [0.2, 0.25) is 0 Å². The molecule has 0 aliphatic carbocycles. The number of amidine groups is 1. The molecule has 0 aromatic heterocycles. The van der Waals surface area contributed by atoms with Crippen LogP contribution in [0.25, 0.3) is 0 Å². The van der Waals surface area contributed by atoms with Crippen molar-refractivity contribution in [1.29, 1.82) is 0 Å². The molecule has 0 saturated carbocycles. The summed E-state index contributed by atoms with van der Waals surface area (Å²) in [7, 11) is 1.37. The Hall–Kier alpha value is -3.72. The van der Waals surface area contributed by atoms with Crippen LogP contribution < -0.4 is 14.8 Å². The van der Waals surface area contributed by atoms with E-state index in [-0.39, 0.29) is 19.1 Å². The molecule has 1 amide bonds. The molecule has 5 rings (SSSR count). The van der Waals surface area contributed by atoms with Gasteiger partial charge in [-0.05, 0) is 47.1 Å². The molecular weight excluding hydrogens is 490 g/mol. The maximum atomic E-state index is 13.0. The number of nitrogens with one attached hydrogen (secondary N) is 1. The fourth-order valence-electron chi connectivity index (χ4n) is 4.60. The average Bonchev–Trinajstić information content (AvgIpc) is 3.52. The van der Waals surface area contributed by atoms with Gasteiger partial charge in [0.1, 0.15) is 0 Å². The van der Waals surface area contributed by atoms with Gasteiger partial charge in [-0.15, -0.1) is 0 Å². The van der Waals surface area contributed by atoms with E-state index in [1.807, 2.05) is 47.6 Å². The molecule has 0 saturated heterocycles. The number of rotatable bonds is 7. The first-order valence-corrected chi connectivity index (χ1v) is 13.0. The number of methoxy groups -OCH3 is 1. The molecule has 192 valence electrons. The average molecular weight is 520 g/mol. The summed E-state index contributed by atoms with van der Waals surface area (Å²) in [4.78, 5) is 32.5. The van der Waals surface area contributed by atoms with Gasteiger partial charge >= 0.3 is 5.97 Å². The summed E-state index contributed by atoms with van der Waals surface area (Å²) in [6.07, 6.45) is 0.144. The number of ether oxygens (including phenoxy) is 3. The molecule has 3 heterocycles. The third-order valence-electron chi connectivity index (χ3n) is 6.59. The molecule has 37 heavy (non-hydrogen) atoms. The highest BCUT2D eigenvalue weighted by Gasteiger charge is 2.41. The lowest BCUT2D eigenvalue weighted by Gasteiger charge is -2.36. The van der Waals surface area contributed by atoms with Crippen LogP contribution in [0, 0.1) is 0 Å². The number of thioether (sulfide) groups is 1. The zero-order valence-corrected chi connectivity index (χ0v) is 22.1. The van der Waals surface area contributed by atoms with Crippen LogP contribution in [0.3, 0.4) is 0 Å². The summed E-state index contributed by atoms with van der Waals surface area (Å²) in [5.74, 6) is 1.21. The molecule has 1 atom stereocenters. The quantitative estimate of drug-likeness (QED) is 0.516. The zero-order chi connectivity index (χ0) is 26.1. The van der Waals surface area contributed by atoms with E-state index in [9.17, 15) is 9.59 Å². The predicted octanol–water partition coefficient (Wildman–Crippen LogP) is 4.99. The molecule has 0 unspecified atom stereocenters. The first-order chi connectivity index (χ1) is 17.9. The van der Waals surface area contributed by atoms with E-state index in [1.54, 1.807) is 0 Å². The minimum absolute atomic E-state index is 0.134. The second kappa shape index (κ2) is 10.3. The number of hydrogen-bond donors (Lipinski definition) is 1. The van der Waals surface area contributed by atoms with Gasteiger partial charge in [0.15, 0.2) is 16.7 Å². The van der Waals surface area contributed by atoms with Gasteiger partial charge < -0.3 is 24.4 Å². The van der Waals surface area contributed by atoms with Crippen molar-refractivity contribution in [2.45, 2.75) is 45.7 Å². The monoisotopic (exact) mass is 519 g/mol. The van der Waals surface area contributed by atoms with Gasteiger partial charge in [0.05, 0.1) is 30.8 Å². The fourth-order valence-corrected chi connectivity index (χ4v) is 5.56. The molecule has 2 aromatic rings. The van der Waals surface area contributed by atoms with E-state index in [4.69, 9.17) is 14.2 Å². The van der Waals surface area contributed by atoms with Gasteiger partial charge in [-0.2, -0.15) is 0 Å². The molecule has 0 radical (unpaired) electrons. The summed E-state index contributed by atoms with van der Waals surface area (Å²) in [6, 6.07) is 13.4. The first-order valence-electron chi connectivity index (χ1n) is 12.1. The van der Waals surface area contributed by atoms with Gasteiger partial charge in [0, 0.05) is 12.2 Å². The van der Waals surface area contributed by atoms with Crippen molar-refractivity contribution in [3.8, 4) is 11.5 Å². The molecule has 3 aliphatic heterocycles. The number of benzene rings is 2. The van der Waals surface area contributed by atoms with Crippen LogP contribution in [-0.4, -0.2) is 35.8 Å². The van der Waals surface area contributed by atoms with Gasteiger partial charge in [-0.3, -0.25) is 4.79 Å². The molecule has 3 aliphatic rings. The number of nitrogens with zero attached hydrogens (tertiary/aromatic N) is 2. The Balaban J connectivity index is 1.37. The summed E-state index contributed by atoms with van der Waals surface area (Å²) in [5, 5.41) is 5.66. The van der Waals surface area contributed by atoms with E-state index < -0.39 is 12.0 Å². The van der Waals surface area contributed by atoms with E-state index in [0.29, 0.717) is 35.2 Å². The molecule has 8 nitrogen and oxygen atoms in total. The Labute approximate surface area is 220 Å². The normalized spacial score (nSPS) is 18.0. The van der Waals surface area contributed by atoms with Crippen LogP contribution in [0.15, 0.2) is 69.8 Å². The highest BCUT2D eigenvalue weighted by molar-refractivity contribution is 8.16. The molecule has 2 aromatic carbocycles. The topological polar surface area (TPSA) is 89.5 Å². The summed E-state index contributed by atoms with van der Waals surface area (Å²) in [5.41, 5.74) is 4.93. The Morgan fingerprint density at radius 2 is 1.92 bits per heavy atom. The Morgan fingerprint density at radius 1 is 1.16 bits per heavy atom. The van der Waals surface area contributed by atoms with Gasteiger partial charge in [-0.25, -0.2) is 9.79 Å². The number of fused-ring (bicyclic) bond motifs is 2. The number of hydrogen-bond acceptors (Lipinski definition) is 8. The largest absolute Gasteiger partial charge is 0.466 e. The summed E-state index contributed by atoms with van der Waals surface area (Å²) in [6.45, 7) is 6.68. The van der Waals surface area contributed by atoms with E-state index in [1.165, 1.54) is 24.4 Å². The second-order valence-electron chi connectivity index (χ2n) is 9.35. The van der Waals surface area contributed by atoms with E-state index in [0.717, 1.165) is 22.0 Å². The van der Waals surface area contributed by atoms with Crippen molar-refractivity contribution in [2.75, 3.05) is 13.9 Å². The lowest BCUT2D eigenvalue weighted by molar-refractivity contribution is -0.136. The minimum atomic E-state index is -0.441. The van der Waals surface area contributed by atoms with E-state index >= 15 is 0 Å². The van der Waals surface area contributed by atoms with Crippen LogP contribution >= 0.6 is 11.8 Å². The van der Waals surface area contributed by atoms with Crippen molar-refractivity contribution in [3.05, 3.63) is 81.5 Å². The maximum Gasteiger partial charge on any atom is 0.338 e. The van der Waals surface area contributed by atoms with Crippen LogP contribution in [-0.2, 0) is 20.9 Å². The highest BCUT2D eigenvalue weighted by atomic mass is 32.2. The molecule has 0 bridgehead atoms. The summed E-state index contributed by atoms with van der Waals surface area (Å²) >= 11 is 1.45. The zero-order valence-electron chi connectivity index (χ0n) is 21.2. The lowest BCUT2D eigenvalue weighted by Crippen LogP contribution is -2.37. The number of carbonyl (C=O) groups excluding carboxylic acids is 2. The Kier molecular flexibility index (Phi) is 6.97. The molecule has 0 spiro atoms. The van der Waals surface area contributed by atoms with Crippen molar-refractivity contribution in [1.82, 2.24) is 10.2 Å². The summed E-state index contributed by atoms with van der Waals surface area (Å²) < 4.78 is 15.9. The Morgan fingerprint density at radius 3 is 2.65 bits per heavy atom. The predicted molar refractivity (Wildman–Crippen MR) is 142 cm³/mol. The molecular formula is C28H29N3O5S. The number of allylic oxidation sites excluding steroid dienone is 1. The van der Waals surface area contributed by atoms with Crippen molar-refractivity contribution >= 4 is 28.8 Å². The van der Waals surface area contributed by atoms with Crippen LogP contribution in [0.1, 0.15) is 55.8 Å². The number of amides is 1. The number of esters is 1. The minimum Gasteiger partial charge on any atom is -0.466 e. The second-order valence-corrected chi connectivity index (χ2v) is 10.2. The Bertz CT molecular complexity index is 1330. The van der Waals surface area contributed by atoms with Gasteiger partial charge in [-0.1, -0.05) is 55.9 Å². The SMILES string of the molecule is COC(=O)C1=C(C)N=C2SC=C(CC(=O)NCc3ccc4c(c3)OCO4)N2[C@H]1c1ccc(C(C)C)cc1. The lowest BCUT2D eigenvalue weighted by atomic mass is 9.92. The van der Waals surface area contributed by atoms with Crippen LogP contribution in [0.4, 0.5) is 0 Å². The van der Waals surface area contributed by atoms with Crippen molar-refractivity contribution < 1.29 is 23.8 Å². The van der Waals surface area contributed by atoms with Crippen molar-refractivity contribution in [2.24, 2.45) is 4.99 Å². The smallest absolute Gasteiger partial charge is 0.338 e.